The van der Waals surface area contributed by atoms with E-state index < -0.39 is 22.0 Å². The molecule has 0 aromatic heterocycles. The molecule has 2 N–H and O–H groups in total. The van der Waals surface area contributed by atoms with Crippen molar-refractivity contribution >= 4 is 21.6 Å². The molecule has 1 unspecified atom stereocenters. The highest BCUT2D eigenvalue weighted by Crippen LogP contribution is 2.22. The number of benzene rings is 2. The molecule has 0 saturated carbocycles. The molecule has 0 spiro atoms. The van der Waals surface area contributed by atoms with Gasteiger partial charge < -0.3 is 10.1 Å². The molecule has 7 heteroatoms. The van der Waals surface area contributed by atoms with Gasteiger partial charge in [0.2, 0.25) is 15.9 Å². The van der Waals surface area contributed by atoms with Crippen LogP contribution < -0.4 is 14.8 Å². The van der Waals surface area contributed by atoms with E-state index in [0.29, 0.717) is 22.6 Å². The Morgan fingerprint density at radius 1 is 1.08 bits per heavy atom. The van der Waals surface area contributed by atoms with Crippen LogP contribution in [0.4, 0.5) is 5.69 Å². The summed E-state index contributed by atoms with van der Waals surface area (Å²) in [5.41, 5.74) is 2.82. The fourth-order valence-electron chi connectivity index (χ4n) is 2.89. The van der Waals surface area contributed by atoms with Gasteiger partial charge in [0.25, 0.3) is 0 Å². The zero-order chi connectivity index (χ0) is 19.5. The van der Waals surface area contributed by atoms with Gasteiger partial charge in [-0.1, -0.05) is 23.8 Å². The SMILES string of the molecule is COc1cccc(NC(=O)C(C)NS(=O)(=O)c2c(C)cc(C)cc2C)c1. The van der Waals surface area contributed by atoms with Crippen LogP contribution in [0.1, 0.15) is 23.6 Å². The van der Waals surface area contributed by atoms with Crippen molar-refractivity contribution in [2.45, 2.75) is 38.6 Å². The molecule has 140 valence electrons. The number of ether oxygens (including phenoxy) is 1. The van der Waals surface area contributed by atoms with Gasteiger partial charge in [-0.05, 0) is 51.0 Å². The summed E-state index contributed by atoms with van der Waals surface area (Å²) in [6.07, 6.45) is 0. The summed E-state index contributed by atoms with van der Waals surface area (Å²) in [4.78, 5) is 12.6. The number of amides is 1. The minimum atomic E-state index is -3.82. The van der Waals surface area contributed by atoms with Crippen LogP contribution in [0, 0.1) is 20.8 Å². The molecular formula is C19H24N2O4S. The van der Waals surface area contributed by atoms with E-state index in [0.717, 1.165) is 5.56 Å². The lowest BCUT2D eigenvalue weighted by molar-refractivity contribution is -0.117. The number of anilines is 1. The first-order valence-electron chi connectivity index (χ1n) is 8.19. The van der Waals surface area contributed by atoms with Gasteiger partial charge in [-0.2, -0.15) is 4.72 Å². The van der Waals surface area contributed by atoms with Crippen LogP contribution in [0.5, 0.6) is 5.75 Å². The summed E-state index contributed by atoms with van der Waals surface area (Å²) in [5.74, 6) is 0.145. The number of methoxy groups -OCH3 is 1. The normalized spacial score (nSPS) is 12.5. The van der Waals surface area contributed by atoms with E-state index in [4.69, 9.17) is 4.74 Å². The Morgan fingerprint density at radius 3 is 2.27 bits per heavy atom. The van der Waals surface area contributed by atoms with E-state index >= 15 is 0 Å². The molecule has 1 atom stereocenters. The molecule has 0 bridgehead atoms. The monoisotopic (exact) mass is 376 g/mol. The lowest BCUT2D eigenvalue weighted by Crippen LogP contribution is -2.41. The molecule has 0 radical (unpaired) electrons. The molecule has 1 amide bonds. The van der Waals surface area contributed by atoms with Crippen molar-refractivity contribution in [3.63, 3.8) is 0 Å². The van der Waals surface area contributed by atoms with Crippen molar-refractivity contribution in [2.75, 3.05) is 12.4 Å². The maximum atomic E-state index is 12.7. The highest BCUT2D eigenvalue weighted by atomic mass is 32.2. The number of carbonyl (C=O) groups is 1. The number of nitrogens with one attached hydrogen (secondary N) is 2. The Hall–Kier alpha value is -2.38. The number of hydrogen-bond acceptors (Lipinski definition) is 4. The highest BCUT2D eigenvalue weighted by molar-refractivity contribution is 7.89. The van der Waals surface area contributed by atoms with Crippen LogP contribution in [0.15, 0.2) is 41.3 Å². The summed E-state index contributed by atoms with van der Waals surface area (Å²) < 4.78 is 33.0. The van der Waals surface area contributed by atoms with Gasteiger partial charge in [0, 0.05) is 11.8 Å². The van der Waals surface area contributed by atoms with Gasteiger partial charge in [0.15, 0.2) is 0 Å². The Labute approximate surface area is 154 Å². The van der Waals surface area contributed by atoms with Crippen LogP contribution in [-0.4, -0.2) is 27.5 Å². The Balaban J connectivity index is 2.17. The number of rotatable bonds is 6. The zero-order valence-electron chi connectivity index (χ0n) is 15.6. The lowest BCUT2D eigenvalue weighted by atomic mass is 10.1. The minimum absolute atomic E-state index is 0.212. The van der Waals surface area contributed by atoms with Crippen molar-refractivity contribution in [1.29, 1.82) is 0 Å². The van der Waals surface area contributed by atoms with E-state index in [1.807, 2.05) is 19.1 Å². The standard InChI is InChI=1S/C19H24N2O4S/c1-12-9-13(2)18(14(3)10-12)26(23,24)21-15(4)19(22)20-16-7-6-8-17(11-16)25-5/h6-11,15,21H,1-5H3,(H,20,22). The maximum absolute atomic E-state index is 12.7. The van der Waals surface area contributed by atoms with E-state index in [9.17, 15) is 13.2 Å². The second-order valence-corrected chi connectivity index (χ2v) is 7.94. The number of hydrogen-bond donors (Lipinski definition) is 2. The van der Waals surface area contributed by atoms with Gasteiger partial charge in [0.05, 0.1) is 18.0 Å². The average Bonchev–Trinajstić information content (AvgIpc) is 2.53. The average molecular weight is 376 g/mol. The maximum Gasteiger partial charge on any atom is 0.242 e. The van der Waals surface area contributed by atoms with E-state index in [1.54, 1.807) is 38.1 Å². The van der Waals surface area contributed by atoms with Gasteiger partial charge >= 0.3 is 0 Å². The Bertz CT molecular complexity index is 900. The van der Waals surface area contributed by atoms with Crippen molar-refractivity contribution in [2.24, 2.45) is 0 Å². The van der Waals surface area contributed by atoms with Gasteiger partial charge in [-0.25, -0.2) is 8.42 Å². The quantitative estimate of drug-likeness (QED) is 0.812. The Morgan fingerprint density at radius 2 is 1.69 bits per heavy atom. The van der Waals surface area contributed by atoms with Crippen LogP contribution >= 0.6 is 0 Å². The number of aryl methyl sites for hydroxylation is 3. The summed E-state index contributed by atoms with van der Waals surface area (Å²) in [6, 6.07) is 9.54. The van der Waals surface area contributed by atoms with Crippen molar-refractivity contribution < 1.29 is 17.9 Å². The highest BCUT2D eigenvalue weighted by Gasteiger charge is 2.25. The fraction of sp³-hybridized carbons (Fsp3) is 0.316. The fourth-order valence-corrected chi connectivity index (χ4v) is 4.54. The van der Waals surface area contributed by atoms with E-state index in [1.165, 1.54) is 14.0 Å². The number of carbonyl (C=O) groups excluding carboxylic acids is 1. The third-order valence-electron chi connectivity index (χ3n) is 3.94. The summed E-state index contributed by atoms with van der Waals surface area (Å²) in [6.45, 7) is 6.91. The molecule has 0 fully saturated rings. The first kappa shape index (κ1) is 19.9. The second kappa shape index (κ2) is 7.88. The number of sulfonamides is 1. The van der Waals surface area contributed by atoms with E-state index in [-0.39, 0.29) is 4.90 Å². The third-order valence-corrected chi connectivity index (χ3v) is 5.78. The summed E-state index contributed by atoms with van der Waals surface area (Å²) in [5, 5.41) is 2.68. The predicted octanol–water partition coefficient (Wildman–Crippen LogP) is 2.93. The smallest absolute Gasteiger partial charge is 0.242 e. The topological polar surface area (TPSA) is 84.5 Å². The molecular weight excluding hydrogens is 352 g/mol. The molecule has 0 aliphatic rings. The van der Waals surface area contributed by atoms with Crippen molar-refractivity contribution in [3.05, 3.63) is 53.1 Å². The molecule has 0 heterocycles. The molecule has 0 aliphatic carbocycles. The zero-order valence-corrected chi connectivity index (χ0v) is 16.4. The largest absolute Gasteiger partial charge is 0.497 e. The van der Waals surface area contributed by atoms with Crippen LogP contribution in [0.3, 0.4) is 0 Å². The minimum Gasteiger partial charge on any atom is -0.497 e. The van der Waals surface area contributed by atoms with Gasteiger partial charge in [-0.15, -0.1) is 0 Å². The molecule has 6 nitrogen and oxygen atoms in total. The summed E-state index contributed by atoms with van der Waals surface area (Å²) in [7, 11) is -2.29. The third kappa shape index (κ3) is 4.62. The predicted molar refractivity (Wildman–Crippen MR) is 102 cm³/mol. The van der Waals surface area contributed by atoms with E-state index in [2.05, 4.69) is 10.0 Å². The first-order valence-corrected chi connectivity index (χ1v) is 9.67. The molecule has 26 heavy (non-hydrogen) atoms. The molecule has 2 aromatic carbocycles. The molecule has 2 aromatic rings. The molecule has 0 saturated heterocycles. The first-order chi connectivity index (χ1) is 12.1. The van der Waals surface area contributed by atoms with Crippen LogP contribution in [-0.2, 0) is 14.8 Å². The molecule has 2 rings (SSSR count). The van der Waals surface area contributed by atoms with Crippen LogP contribution in [0.2, 0.25) is 0 Å². The lowest BCUT2D eigenvalue weighted by Gasteiger charge is -2.17. The Kier molecular flexibility index (Phi) is 6.05. The molecule has 0 aliphatic heterocycles. The van der Waals surface area contributed by atoms with Crippen molar-refractivity contribution in [3.8, 4) is 5.75 Å². The van der Waals surface area contributed by atoms with Gasteiger partial charge in [0.1, 0.15) is 5.75 Å². The van der Waals surface area contributed by atoms with Gasteiger partial charge in [-0.3, -0.25) is 4.79 Å². The summed E-state index contributed by atoms with van der Waals surface area (Å²) >= 11 is 0. The van der Waals surface area contributed by atoms with Crippen molar-refractivity contribution in [1.82, 2.24) is 4.72 Å². The second-order valence-electron chi connectivity index (χ2n) is 6.29. The van der Waals surface area contributed by atoms with Crippen LogP contribution in [0.25, 0.3) is 0 Å².